The van der Waals surface area contributed by atoms with E-state index in [1.165, 1.54) is 4.90 Å². The summed E-state index contributed by atoms with van der Waals surface area (Å²) in [7, 11) is 0. The highest BCUT2D eigenvalue weighted by atomic mass is 16.5. The van der Waals surface area contributed by atoms with E-state index in [-0.39, 0.29) is 30.6 Å². The van der Waals surface area contributed by atoms with Crippen LogP contribution in [-0.2, 0) is 11.3 Å². The molecule has 8 heteroatoms. The lowest BCUT2D eigenvalue weighted by Gasteiger charge is -2.42. The number of guanidine groups is 1. The zero-order chi connectivity index (χ0) is 24.5. The van der Waals surface area contributed by atoms with Crippen molar-refractivity contribution in [3.8, 4) is 5.75 Å². The summed E-state index contributed by atoms with van der Waals surface area (Å²) >= 11 is 0. The summed E-state index contributed by atoms with van der Waals surface area (Å²) in [5, 5.41) is 35.8. The number of nitrogens with one attached hydrogen (secondary N) is 3. The van der Waals surface area contributed by atoms with Crippen molar-refractivity contribution in [2.45, 2.75) is 70.0 Å². The number of fused-ring (bicyclic) bond motifs is 1. The number of ether oxygens (including phenoxy) is 1. The van der Waals surface area contributed by atoms with Gasteiger partial charge in [-0.1, -0.05) is 56.3 Å². The molecule has 4 rings (SSSR count). The fourth-order valence-electron chi connectivity index (χ4n) is 4.86. The van der Waals surface area contributed by atoms with Gasteiger partial charge in [0.2, 0.25) is 5.91 Å². The van der Waals surface area contributed by atoms with E-state index in [1.807, 2.05) is 56.3 Å². The minimum absolute atomic E-state index is 0.0741. The molecule has 34 heavy (non-hydrogen) atoms. The molecule has 2 heterocycles. The van der Waals surface area contributed by atoms with Crippen LogP contribution in [0, 0.1) is 5.41 Å². The quantitative estimate of drug-likeness (QED) is 0.382. The summed E-state index contributed by atoms with van der Waals surface area (Å²) in [4.78, 5) is 14.3. The minimum Gasteiger partial charge on any atom is -0.483 e. The largest absolute Gasteiger partial charge is 0.483 e. The third-order valence-corrected chi connectivity index (χ3v) is 7.23. The van der Waals surface area contributed by atoms with Crippen molar-refractivity contribution in [3.05, 3.63) is 65.2 Å². The van der Waals surface area contributed by atoms with Gasteiger partial charge in [0, 0.05) is 11.1 Å². The van der Waals surface area contributed by atoms with Gasteiger partial charge in [-0.05, 0) is 37.0 Å². The number of rotatable bonds is 8. The van der Waals surface area contributed by atoms with Gasteiger partial charge in [0.05, 0.1) is 25.6 Å². The Kier molecular flexibility index (Phi) is 6.66. The lowest BCUT2D eigenvalue weighted by Crippen LogP contribution is -2.61. The number of para-hydroxylation sites is 1. The number of amides is 1. The second kappa shape index (κ2) is 9.37. The molecule has 5 N–H and O–H groups in total. The van der Waals surface area contributed by atoms with Crippen LogP contribution in [-0.4, -0.2) is 44.7 Å². The van der Waals surface area contributed by atoms with Crippen molar-refractivity contribution in [1.82, 2.24) is 15.5 Å². The average molecular weight is 467 g/mol. The Labute approximate surface area is 200 Å². The van der Waals surface area contributed by atoms with E-state index >= 15 is 0 Å². The van der Waals surface area contributed by atoms with Gasteiger partial charge < -0.3 is 20.3 Å². The van der Waals surface area contributed by atoms with Crippen LogP contribution >= 0.6 is 0 Å². The molecule has 1 amide bonds. The molecule has 2 aliphatic heterocycles. The maximum Gasteiger partial charge on any atom is 0.231 e. The van der Waals surface area contributed by atoms with Crippen LogP contribution in [0.15, 0.2) is 48.5 Å². The molecule has 2 aliphatic rings. The van der Waals surface area contributed by atoms with Crippen molar-refractivity contribution in [2.75, 3.05) is 6.61 Å². The summed E-state index contributed by atoms with van der Waals surface area (Å²) in [5.41, 5.74) is 1.05. The van der Waals surface area contributed by atoms with Crippen LogP contribution < -0.4 is 15.4 Å². The maximum atomic E-state index is 12.9. The number of benzene rings is 2. The first kappa shape index (κ1) is 24.2. The Bertz CT molecular complexity index is 1050. The standard InChI is InChI=1S/C26H34N4O4/c1-4-26(5-2)14-21(32)30(24(27)29-26)15-17-9-8-10-18(13-17)23(33)28-22-19-11-6-7-12-20(19)34-25(22,3)16-31/h6-13,22-23,28,31,33H,4-5,14-16H2,1-3H3,(H2,27,29). The first-order chi connectivity index (χ1) is 16.2. The molecule has 1 fully saturated rings. The zero-order valence-corrected chi connectivity index (χ0v) is 20.0. The van der Waals surface area contributed by atoms with Crippen LogP contribution in [0.5, 0.6) is 5.75 Å². The molecule has 2 aromatic carbocycles. The third-order valence-electron chi connectivity index (χ3n) is 7.23. The van der Waals surface area contributed by atoms with Gasteiger partial charge in [0.15, 0.2) is 5.96 Å². The van der Waals surface area contributed by atoms with E-state index in [0.717, 1.165) is 24.0 Å². The molecule has 0 aromatic heterocycles. The summed E-state index contributed by atoms with van der Waals surface area (Å²) in [5.74, 6) is 0.722. The van der Waals surface area contributed by atoms with Crippen LogP contribution in [0.25, 0.3) is 0 Å². The molecule has 1 saturated heterocycles. The molecule has 3 atom stereocenters. The van der Waals surface area contributed by atoms with E-state index in [4.69, 9.17) is 10.1 Å². The van der Waals surface area contributed by atoms with Crippen LogP contribution in [0.2, 0.25) is 0 Å². The molecule has 0 spiro atoms. The molecule has 0 aliphatic carbocycles. The SMILES string of the molecule is CCC1(CC)CC(=O)N(Cc2cccc(C(O)NC3c4ccccc4OC3(C)CO)c2)C(=N)N1. The second-order valence-electron chi connectivity index (χ2n) is 9.48. The minimum atomic E-state index is -1.02. The van der Waals surface area contributed by atoms with Gasteiger partial charge in [-0.15, -0.1) is 0 Å². The predicted molar refractivity (Wildman–Crippen MR) is 129 cm³/mol. The van der Waals surface area contributed by atoms with Crippen molar-refractivity contribution < 1.29 is 19.7 Å². The molecule has 3 unspecified atom stereocenters. The Morgan fingerprint density at radius 1 is 1.24 bits per heavy atom. The van der Waals surface area contributed by atoms with Crippen molar-refractivity contribution in [1.29, 1.82) is 5.41 Å². The summed E-state index contributed by atoms with van der Waals surface area (Å²) in [6, 6.07) is 14.5. The topological polar surface area (TPSA) is 118 Å². The van der Waals surface area contributed by atoms with Crippen molar-refractivity contribution in [3.63, 3.8) is 0 Å². The Morgan fingerprint density at radius 2 is 1.97 bits per heavy atom. The number of aliphatic hydroxyl groups excluding tert-OH is 2. The highest BCUT2D eigenvalue weighted by Crippen LogP contribution is 2.43. The number of nitrogens with zero attached hydrogens (tertiary/aromatic N) is 1. The van der Waals surface area contributed by atoms with Crippen LogP contribution in [0.4, 0.5) is 0 Å². The lowest BCUT2D eigenvalue weighted by atomic mass is 9.87. The molecule has 0 saturated carbocycles. The summed E-state index contributed by atoms with van der Waals surface area (Å²) in [6.45, 7) is 5.90. The Hall–Kier alpha value is -2.94. The predicted octanol–water partition coefficient (Wildman–Crippen LogP) is 2.97. The summed E-state index contributed by atoms with van der Waals surface area (Å²) in [6.07, 6.45) is 0.889. The normalized spacial score (nSPS) is 24.4. The monoisotopic (exact) mass is 466 g/mol. The van der Waals surface area contributed by atoms with E-state index < -0.39 is 17.9 Å². The number of hydrogen-bond donors (Lipinski definition) is 5. The molecular weight excluding hydrogens is 432 g/mol. The summed E-state index contributed by atoms with van der Waals surface area (Å²) < 4.78 is 5.98. The Morgan fingerprint density at radius 3 is 2.65 bits per heavy atom. The third kappa shape index (κ3) is 4.41. The fourth-order valence-corrected chi connectivity index (χ4v) is 4.86. The molecule has 0 radical (unpaired) electrons. The van der Waals surface area contributed by atoms with Gasteiger partial charge in [-0.2, -0.15) is 0 Å². The smallest absolute Gasteiger partial charge is 0.231 e. The maximum absolute atomic E-state index is 12.9. The average Bonchev–Trinajstić information content (AvgIpc) is 3.13. The second-order valence-corrected chi connectivity index (χ2v) is 9.48. The number of aliphatic hydroxyl groups is 2. The fraction of sp³-hybridized carbons (Fsp3) is 0.462. The van der Waals surface area contributed by atoms with Crippen molar-refractivity contribution in [2.24, 2.45) is 0 Å². The van der Waals surface area contributed by atoms with Crippen LogP contribution in [0.1, 0.15) is 69.0 Å². The number of carbonyl (C=O) groups is 1. The molecular formula is C26H34N4O4. The van der Waals surface area contributed by atoms with Crippen molar-refractivity contribution >= 4 is 11.9 Å². The van der Waals surface area contributed by atoms with E-state index in [2.05, 4.69) is 10.6 Å². The van der Waals surface area contributed by atoms with Gasteiger partial charge in [0.25, 0.3) is 0 Å². The molecule has 0 bridgehead atoms. The number of hydrogen-bond acceptors (Lipinski definition) is 6. The van der Waals surface area contributed by atoms with Gasteiger partial charge in [-0.25, -0.2) is 0 Å². The molecule has 2 aromatic rings. The molecule has 182 valence electrons. The van der Waals surface area contributed by atoms with E-state index in [0.29, 0.717) is 17.7 Å². The van der Waals surface area contributed by atoms with E-state index in [1.54, 1.807) is 13.0 Å². The highest BCUT2D eigenvalue weighted by Gasteiger charge is 2.45. The van der Waals surface area contributed by atoms with Gasteiger partial charge in [-0.3, -0.25) is 20.4 Å². The first-order valence-electron chi connectivity index (χ1n) is 11.8. The zero-order valence-electron chi connectivity index (χ0n) is 20.0. The Balaban J connectivity index is 1.50. The molecule has 8 nitrogen and oxygen atoms in total. The first-order valence-corrected chi connectivity index (χ1v) is 11.8. The van der Waals surface area contributed by atoms with Gasteiger partial charge in [0.1, 0.15) is 17.6 Å². The van der Waals surface area contributed by atoms with Crippen LogP contribution in [0.3, 0.4) is 0 Å². The number of carbonyl (C=O) groups excluding carboxylic acids is 1. The van der Waals surface area contributed by atoms with E-state index in [9.17, 15) is 15.0 Å². The highest BCUT2D eigenvalue weighted by molar-refractivity contribution is 5.99. The lowest BCUT2D eigenvalue weighted by molar-refractivity contribution is -0.131. The van der Waals surface area contributed by atoms with Gasteiger partial charge >= 0.3 is 0 Å².